The van der Waals surface area contributed by atoms with Gasteiger partial charge in [0.05, 0.1) is 36.7 Å². The van der Waals surface area contributed by atoms with Gasteiger partial charge in [0.15, 0.2) is 0 Å². The van der Waals surface area contributed by atoms with Crippen LogP contribution in [0.5, 0.6) is 0 Å². The van der Waals surface area contributed by atoms with Gasteiger partial charge in [0, 0.05) is 5.56 Å². The second-order valence-electron chi connectivity index (χ2n) is 6.88. The van der Waals surface area contributed by atoms with Crippen LogP contribution in [-0.2, 0) is 19.1 Å². The summed E-state index contributed by atoms with van der Waals surface area (Å²) in [4.78, 5) is 57.7. The Morgan fingerprint density at radius 3 is 1.43 bits per heavy atom. The number of hydrogen-bond donors (Lipinski definition) is 2. The van der Waals surface area contributed by atoms with Gasteiger partial charge in [-0.25, -0.2) is 9.59 Å². The van der Waals surface area contributed by atoms with Crippen molar-refractivity contribution < 1.29 is 33.4 Å². The van der Waals surface area contributed by atoms with E-state index in [1.165, 1.54) is 38.5 Å². The summed E-state index contributed by atoms with van der Waals surface area (Å²) in [6.45, 7) is 0. The van der Waals surface area contributed by atoms with Gasteiger partial charge in [-0.2, -0.15) is 0 Å². The number of nitrogens with one attached hydrogen (secondary N) is 2. The van der Waals surface area contributed by atoms with Crippen LogP contribution in [0.1, 0.15) is 37.5 Å². The third-order valence-electron chi connectivity index (χ3n) is 4.47. The van der Waals surface area contributed by atoms with E-state index in [1.807, 2.05) is 18.2 Å². The first-order valence-corrected chi connectivity index (χ1v) is 10.3. The minimum Gasteiger partial charge on any atom is -0.465 e. The quantitative estimate of drug-likeness (QED) is 0.302. The monoisotopic (exact) mass is 476 g/mol. The molecule has 0 radical (unpaired) electrons. The highest BCUT2D eigenvalue weighted by Crippen LogP contribution is 2.18. The fraction of sp³-hybridized carbons (Fsp3) is 0.115. The summed E-state index contributed by atoms with van der Waals surface area (Å²) >= 11 is 0. The molecule has 2 N–H and O–H groups in total. The second-order valence-corrected chi connectivity index (χ2v) is 6.88. The zero-order chi connectivity index (χ0) is 25.6. The molecule has 35 heavy (non-hydrogen) atoms. The molecule has 9 nitrogen and oxygen atoms in total. The Morgan fingerprint density at radius 2 is 1.06 bits per heavy atom. The summed E-state index contributed by atoms with van der Waals surface area (Å²) in [5.74, 6) is -2.47. The number of ether oxygens (including phenoxy) is 2. The number of anilines is 2. The summed E-state index contributed by atoms with van der Waals surface area (Å²) in [6.07, 6.45) is 0.324. The molecule has 0 unspecified atom stereocenters. The molecular formula is C26H24N2O7. The molecule has 180 valence electrons. The van der Waals surface area contributed by atoms with E-state index < -0.39 is 30.2 Å². The molecule has 0 bridgehead atoms. The minimum absolute atomic E-state index is 0.171. The first kappa shape index (κ1) is 26.5. The number of carbonyl (C=O) groups is 5. The number of aldehydes is 1. The SMILES string of the molecule is COC(=O)c1ccccc1NC(=O)CC(=O)Nc1ccccc1C(=O)OC.O=Cc1ccccc1. The predicted molar refractivity (Wildman–Crippen MR) is 129 cm³/mol. The summed E-state index contributed by atoms with van der Waals surface area (Å²) in [5, 5.41) is 5.00. The average Bonchev–Trinajstić information content (AvgIpc) is 2.89. The van der Waals surface area contributed by atoms with Crippen LogP contribution in [-0.4, -0.2) is 44.3 Å². The highest BCUT2D eigenvalue weighted by molar-refractivity contribution is 6.11. The largest absolute Gasteiger partial charge is 0.465 e. The number of amides is 2. The van der Waals surface area contributed by atoms with E-state index in [-0.39, 0.29) is 22.5 Å². The molecule has 9 heteroatoms. The molecule has 0 heterocycles. The Labute approximate surface area is 202 Å². The van der Waals surface area contributed by atoms with Gasteiger partial charge in [-0.15, -0.1) is 0 Å². The summed E-state index contributed by atoms with van der Waals surface area (Å²) in [6, 6.07) is 21.6. The molecule has 0 aliphatic carbocycles. The predicted octanol–water partition coefficient (Wildman–Crippen LogP) is 3.73. The molecule has 0 saturated heterocycles. The molecule has 0 atom stereocenters. The lowest BCUT2D eigenvalue weighted by atomic mass is 10.1. The lowest BCUT2D eigenvalue weighted by Gasteiger charge is -2.11. The van der Waals surface area contributed by atoms with Gasteiger partial charge in [-0.3, -0.25) is 14.4 Å². The van der Waals surface area contributed by atoms with Crippen molar-refractivity contribution in [3.63, 3.8) is 0 Å². The minimum atomic E-state index is -0.626. The number of carbonyl (C=O) groups excluding carboxylic acids is 5. The van der Waals surface area contributed by atoms with Gasteiger partial charge in [-0.05, 0) is 24.3 Å². The fourth-order valence-corrected chi connectivity index (χ4v) is 2.83. The Bertz CT molecular complexity index is 1120. The van der Waals surface area contributed by atoms with Crippen LogP contribution >= 0.6 is 0 Å². The molecule has 0 saturated carbocycles. The molecule has 0 aliphatic rings. The van der Waals surface area contributed by atoms with Crippen LogP contribution in [0.4, 0.5) is 11.4 Å². The van der Waals surface area contributed by atoms with Crippen LogP contribution in [0.2, 0.25) is 0 Å². The van der Waals surface area contributed by atoms with Crippen molar-refractivity contribution in [1.82, 2.24) is 0 Å². The number of hydrogen-bond acceptors (Lipinski definition) is 7. The molecule has 3 aromatic carbocycles. The molecular weight excluding hydrogens is 452 g/mol. The van der Waals surface area contributed by atoms with Crippen molar-refractivity contribution in [3.8, 4) is 0 Å². The van der Waals surface area contributed by atoms with Gasteiger partial charge in [-0.1, -0.05) is 54.6 Å². The maximum atomic E-state index is 12.1. The average molecular weight is 476 g/mol. The highest BCUT2D eigenvalue weighted by Gasteiger charge is 2.17. The Hall–Kier alpha value is -4.79. The first-order chi connectivity index (χ1) is 16.9. The molecule has 3 aromatic rings. The Morgan fingerprint density at radius 1 is 0.657 bits per heavy atom. The second kappa shape index (κ2) is 13.7. The highest BCUT2D eigenvalue weighted by atomic mass is 16.5. The van der Waals surface area contributed by atoms with Gasteiger partial charge in [0.25, 0.3) is 0 Å². The summed E-state index contributed by atoms with van der Waals surface area (Å²) in [5.41, 5.74) is 1.54. The van der Waals surface area contributed by atoms with Crippen LogP contribution in [0, 0.1) is 0 Å². The molecule has 0 aliphatic heterocycles. The fourth-order valence-electron chi connectivity index (χ4n) is 2.83. The van der Waals surface area contributed by atoms with E-state index in [4.69, 9.17) is 0 Å². The van der Waals surface area contributed by atoms with E-state index in [0.29, 0.717) is 0 Å². The summed E-state index contributed by atoms with van der Waals surface area (Å²) in [7, 11) is 2.46. The zero-order valence-electron chi connectivity index (χ0n) is 19.1. The van der Waals surface area contributed by atoms with E-state index in [9.17, 15) is 24.0 Å². The number of methoxy groups -OCH3 is 2. The van der Waals surface area contributed by atoms with Gasteiger partial charge in [0.1, 0.15) is 12.7 Å². The maximum Gasteiger partial charge on any atom is 0.339 e. The molecule has 0 aromatic heterocycles. The van der Waals surface area contributed by atoms with E-state index in [1.54, 1.807) is 36.4 Å². The number of rotatable bonds is 7. The van der Waals surface area contributed by atoms with Crippen LogP contribution in [0.15, 0.2) is 78.9 Å². The van der Waals surface area contributed by atoms with Crippen LogP contribution < -0.4 is 10.6 Å². The van der Waals surface area contributed by atoms with Crippen molar-refractivity contribution >= 4 is 41.4 Å². The van der Waals surface area contributed by atoms with Gasteiger partial charge in [0.2, 0.25) is 11.8 Å². The van der Waals surface area contributed by atoms with Gasteiger partial charge < -0.3 is 20.1 Å². The molecule has 2 amide bonds. The summed E-state index contributed by atoms with van der Waals surface area (Å²) < 4.78 is 9.30. The topological polar surface area (TPSA) is 128 Å². The molecule has 0 spiro atoms. The van der Waals surface area contributed by atoms with Crippen molar-refractivity contribution in [1.29, 1.82) is 0 Å². The van der Waals surface area contributed by atoms with Crippen LogP contribution in [0.25, 0.3) is 0 Å². The van der Waals surface area contributed by atoms with Crippen molar-refractivity contribution in [2.45, 2.75) is 6.42 Å². The van der Waals surface area contributed by atoms with E-state index in [0.717, 1.165) is 11.8 Å². The Balaban J connectivity index is 0.000000456. The lowest BCUT2D eigenvalue weighted by molar-refractivity contribution is -0.123. The van der Waals surface area contributed by atoms with Crippen molar-refractivity contribution in [2.24, 2.45) is 0 Å². The standard InChI is InChI=1S/C19H18N2O6.C7H6O/c1-26-18(24)12-7-3-5-9-14(12)20-16(22)11-17(23)21-15-10-6-4-8-13(15)19(25)27-2;8-6-7-4-2-1-3-5-7/h3-10H,11H2,1-2H3,(H,20,22)(H,21,23);1-6H. The first-order valence-electron chi connectivity index (χ1n) is 10.3. The lowest BCUT2D eigenvalue weighted by Crippen LogP contribution is -2.23. The van der Waals surface area contributed by atoms with E-state index in [2.05, 4.69) is 20.1 Å². The number of esters is 2. The third kappa shape index (κ3) is 8.25. The third-order valence-corrected chi connectivity index (χ3v) is 4.47. The number of benzene rings is 3. The number of para-hydroxylation sites is 2. The zero-order valence-corrected chi connectivity index (χ0v) is 19.1. The van der Waals surface area contributed by atoms with Crippen molar-refractivity contribution in [3.05, 3.63) is 95.6 Å². The molecule has 3 rings (SSSR count). The van der Waals surface area contributed by atoms with Gasteiger partial charge >= 0.3 is 11.9 Å². The molecule has 0 fully saturated rings. The smallest absolute Gasteiger partial charge is 0.339 e. The van der Waals surface area contributed by atoms with E-state index >= 15 is 0 Å². The van der Waals surface area contributed by atoms with Crippen LogP contribution in [0.3, 0.4) is 0 Å². The maximum absolute atomic E-state index is 12.1. The Kier molecular flexibility index (Phi) is 10.3. The van der Waals surface area contributed by atoms with Crippen molar-refractivity contribution in [2.75, 3.05) is 24.9 Å². The normalized spacial score (nSPS) is 9.54.